The number of benzene rings is 1. The van der Waals surface area contributed by atoms with E-state index >= 15 is 0 Å². The minimum absolute atomic E-state index is 0.243. The quantitative estimate of drug-likeness (QED) is 0.693. The Balaban J connectivity index is 2.37. The van der Waals surface area contributed by atoms with E-state index < -0.39 is 6.36 Å². The molecule has 0 fully saturated rings. The maximum atomic E-state index is 12.1. The molecule has 8 heteroatoms. The van der Waals surface area contributed by atoms with Gasteiger partial charge in [0.15, 0.2) is 0 Å². The molecule has 0 radical (unpaired) electrons. The fourth-order valence-corrected chi connectivity index (χ4v) is 2.15. The summed E-state index contributed by atoms with van der Waals surface area (Å²) in [4.78, 5) is 10.5. The first-order chi connectivity index (χ1) is 9.78. The van der Waals surface area contributed by atoms with Gasteiger partial charge in [0, 0.05) is 13.0 Å². The van der Waals surface area contributed by atoms with Gasteiger partial charge in [-0.25, -0.2) is 0 Å². The first-order valence-electron chi connectivity index (χ1n) is 6.31. The Morgan fingerprint density at radius 3 is 2.62 bits per heavy atom. The summed E-state index contributed by atoms with van der Waals surface area (Å²) in [6.07, 6.45) is -2.83. The number of ether oxygens (including phenoxy) is 1. The van der Waals surface area contributed by atoms with Crippen LogP contribution in [-0.4, -0.2) is 18.8 Å². The van der Waals surface area contributed by atoms with Gasteiger partial charge in [-0.2, -0.15) is 0 Å². The van der Waals surface area contributed by atoms with E-state index in [1.54, 1.807) is 12.1 Å². The smallest absolute Gasteiger partial charge is 0.405 e. The topological polar surface area (TPSA) is 64.4 Å². The molecule has 0 heterocycles. The molecule has 0 atom stereocenters. The molecular formula is C13H16BrF3N2O2. The van der Waals surface area contributed by atoms with Crippen LogP contribution in [0.2, 0.25) is 0 Å². The zero-order valence-corrected chi connectivity index (χ0v) is 12.8. The average Bonchev–Trinajstić information content (AvgIpc) is 2.35. The third-order valence-corrected chi connectivity index (χ3v) is 3.20. The van der Waals surface area contributed by atoms with Crippen LogP contribution in [0.4, 0.5) is 13.2 Å². The Morgan fingerprint density at radius 2 is 2.05 bits per heavy atom. The molecule has 0 saturated carbocycles. The predicted molar refractivity (Wildman–Crippen MR) is 75.6 cm³/mol. The summed E-state index contributed by atoms with van der Waals surface area (Å²) >= 11 is 3.05. The number of unbranched alkanes of at least 4 members (excludes halogenated alkanes) is 1. The van der Waals surface area contributed by atoms with Crippen LogP contribution in [0.1, 0.15) is 24.8 Å². The van der Waals surface area contributed by atoms with E-state index in [0.29, 0.717) is 25.9 Å². The van der Waals surface area contributed by atoms with Gasteiger partial charge in [0.05, 0.1) is 4.47 Å². The molecule has 1 amide bonds. The third-order valence-electron chi connectivity index (χ3n) is 2.58. The largest absolute Gasteiger partial charge is 0.573 e. The van der Waals surface area contributed by atoms with Gasteiger partial charge in [0.25, 0.3) is 0 Å². The van der Waals surface area contributed by atoms with E-state index in [4.69, 9.17) is 5.73 Å². The fraction of sp³-hybridized carbons (Fsp3) is 0.462. The summed E-state index contributed by atoms with van der Waals surface area (Å²) in [5.41, 5.74) is 5.84. The van der Waals surface area contributed by atoms with Gasteiger partial charge < -0.3 is 15.8 Å². The Bertz CT molecular complexity index is 481. The van der Waals surface area contributed by atoms with Crippen molar-refractivity contribution in [2.45, 2.75) is 32.2 Å². The molecule has 4 nitrogen and oxygen atoms in total. The van der Waals surface area contributed by atoms with E-state index in [1.807, 2.05) is 0 Å². The van der Waals surface area contributed by atoms with Crippen molar-refractivity contribution in [3.63, 3.8) is 0 Å². The molecule has 0 bridgehead atoms. The molecule has 3 N–H and O–H groups in total. The van der Waals surface area contributed by atoms with Crippen LogP contribution in [-0.2, 0) is 11.3 Å². The van der Waals surface area contributed by atoms with Crippen molar-refractivity contribution in [2.75, 3.05) is 6.54 Å². The van der Waals surface area contributed by atoms with Crippen molar-refractivity contribution in [1.82, 2.24) is 5.32 Å². The fourth-order valence-electron chi connectivity index (χ4n) is 1.64. The van der Waals surface area contributed by atoms with Crippen LogP contribution < -0.4 is 15.8 Å². The number of nitrogens with one attached hydrogen (secondary N) is 1. The minimum atomic E-state index is -4.71. The number of amides is 1. The molecular weight excluding hydrogens is 353 g/mol. The lowest BCUT2D eigenvalue weighted by molar-refractivity contribution is -0.274. The van der Waals surface area contributed by atoms with Gasteiger partial charge in [-0.1, -0.05) is 6.07 Å². The number of hydrogen-bond donors (Lipinski definition) is 2. The number of alkyl halides is 3. The third kappa shape index (κ3) is 7.91. The monoisotopic (exact) mass is 368 g/mol. The summed E-state index contributed by atoms with van der Waals surface area (Å²) in [6, 6.07) is 4.39. The number of halogens is 4. The van der Waals surface area contributed by atoms with Crippen LogP contribution in [0.5, 0.6) is 5.75 Å². The molecule has 0 aliphatic carbocycles. The molecule has 0 aromatic heterocycles. The Labute approximate surface area is 129 Å². The van der Waals surface area contributed by atoms with Crippen molar-refractivity contribution < 1.29 is 22.7 Å². The summed E-state index contributed by atoms with van der Waals surface area (Å²) in [6.45, 7) is 1.22. The van der Waals surface area contributed by atoms with Crippen molar-refractivity contribution in [3.05, 3.63) is 28.2 Å². The second-order valence-electron chi connectivity index (χ2n) is 4.41. The van der Waals surface area contributed by atoms with Gasteiger partial charge >= 0.3 is 6.36 Å². The van der Waals surface area contributed by atoms with E-state index in [0.717, 1.165) is 12.0 Å². The molecule has 21 heavy (non-hydrogen) atoms. The molecule has 1 aromatic carbocycles. The van der Waals surface area contributed by atoms with Crippen molar-refractivity contribution >= 4 is 21.8 Å². The van der Waals surface area contributed by atoms with Crippen LogP contribution in [0.3, 0.4) is 0 Å². The molecule has 0 aliphatic rings. The van der Waals surface area contributed by atoms with Crippen LogP contribution in [0.15, 0.2) is 22.7 Å². The highest BCUT2D eigenvalue weighted by molar-refractivity contribution is 9.10. The number of rotatable bonds is 8. The Morgan fingerprint density at radius 1 is 1.33 bits per heavy atom. The number of nitrogens with two attached hydrogens (primary N) is 1. The number of carbonyl (C=O) groups excluding carboxylic acids is 1. The average molecular weight is 369 g/mol. The molecule has 0 saturated heterocycles. The Hall–Kier alpha value is -1.28. The van der Waals surface area contributed by atoms with Crippen LogP contribution in [0, 0.1) is 0 Å². The van der Waals surface area contributed by atoms with Crippen LogP contribution in [0.25, 0.3) is 0 Å². The van der Waals surface area contributed by atoms with Crippen molar-refractivity contribution in [3.8, 4) is 5.75 Å². The second-order valence-corrected chi connectivity index (χ2v) is 5.27. The molecule has 1 rings (SSSR count). The maximum absolute atomic E-state index is 12.1. The molecule has 1 aromatic rings. The lowest BCUT2D eigenvalue weighted by Crippen LogP contribution is -2.18. The maximum Gasteiger partial charge on any atom is 0.573 e. The normalized spacial score (nSPS) is 11.4. The molecule has 0 aliphatic heterocycles. The van der Waals surface area contributed by atoms with Crippen molar-refractivity contribution in [1.29, 1.82) is 0 Å². The SMILES string of the molecule is NC(=O)CCCCNCc1ccc(OC(F)(F)F)c(Br)c1. The second kappa shape index (κ2) is 8.23. The van der Waals surface area contributed by atoms with Gasteiger partial charge in [-0.05, 0) is 53.0 Å². The van der Waals surface area contributed by atoms with Gasteiger partial charge in [-0.3, -0.25) is 4.79 Å². The minimum Gasteiger partial charge on any atom is -0.405 e. The Kier molecular flexibility index (Phi) is 6.97. The van der Waals surface area contributed by atoms with Gasteiger partial charge in [-0.15, -0.1) is 13.2 Å². The molecule has 118 valence electrons. The van der Waals surface area contributed by atoms with Gasteiger partial charge in [0.1, 0.15) is 5.75 Å². The van der Waals surface area contributed by atoms with E-state index in [1.165, 1.54) is 6.07 Å². The molecule has 0 spiro atoms. The number of primary amides is 1. The standard InChI is InChI=1S/C13H16BrF3N2O2/c14-10-7-9(4-5-11(10)21-13(15,16)17)8-19-6-2-1-3-12(18)20/h4-5,7,19H,1-3,6,8H2,(H2,18,20). The zero-order chi connectivity index (χ0) is 15.9. The lowest BCUT2D eigenvalue weighted by Gasteiger charge is -2.12. The van der Waals surface area contributed by atoms with Crippen LogP contribution >= 0.6 is 15.9 Å². The first kappa shape index (κ1) is 17.8. The summed E-state index contributed by atoms with van der Waals surface area (Å²) < 4.78 is 40.4. The van der Waals surface area contributed by atoms with Crippen molar-refractivity contribution in [2.24, 2.45) is 5.73 Å². The highest BCUT2D eigenvalue weighted by Gasteiger charge is 2.31. The van der Waals surface area contributed by atoms with Gasteiger partial charge in [0.2, 0.25) is 5.91 Å². The molecule has 0 unspecified atom stereocenters. The first-order valence-corrected chi connectivity index (χ1v) is 7.10. The number of carbonyl (C=O) groups is 1. The highest BCUT2D eigenvalue weighted by atomic mass is 79.9. The zero-order valence-electron chi connectivity index (χ0n) is 11.2. The summed E-state index contributed by atoms with van der Waals surface area (Å²) in [7, 11) is 0. The summed E-state index contributed by atoms with van der Waals surface area (Å²) in [5.74, 6) is -0.591. The highest BCUT2D eigenvalue weighted by Crippen LogP contribution is 2.30. The van der Waals surface area contributed by atoms with E-state index in [2.05, 4.69) is 26.0 Å². The van der Waals surface area contributed by atoms with E-state index in [-0.39, 0.29) is 16.1 Å². The van der Waals surface area contributed by atoms with E-state index in [9.17, 15) is 18.0 Å². The lowest BCUT2D eigenvalue weighted by atomic mass is 10.2. The summed E-state index contributed by atoms with van der Waals surface area (Å²) in [5, 5.41) is 3.13. The predicted octanol–water partition coefficient (Wildman–Crippen LogP) is 3.09. The number of hydrogen-bond acceptors (Lipinski definition) is 3.